The number of pyridine rings is 1. The molecule has 1 aromatic heterocycles. The van der Waals surface area contributed by atoms with E-state index < -0.39 is 0 Å². The summed E-state index contributed by atoms with van der Waals surface area (Å²) in [6.45, 7) is 6.32. The van der Waals surface area contributed by atoms with Crippen molar-refractivity contribution in [3.8, 4) is 0 Å². The predicted molar refractivity (Wildman–Crippen MR) is 112 cm³/mol. The van der Waals surface area contributed by atoms with E-state index in [0.717, 1.165) is 27.9 Å². The molecule has 2 amide bonds. The van der Waals surface area contributed by atoms with Crippen LogP contribution in [0.2, 0.25) is 0 Å². The van der Waals surface area contributed by atoms with E-state index in [4.69, 9.17) is 12.2 Å². The van der Waals surface area contributed by atoms with Gasteiger partial charge >= 0.3 is 0 Å². The lowest BCUT2D eigenvalue weighted by atomic mass is 9.87. The van der Waals surface area contributed by atoms with E-state index in [-0.39, 0.29) is 21.5 Å². The molecule has 0 atom stereocenters. The largest absolute Gasteiger partial charge is 0.285 e. The van der Waals surface area contributed by atoms with Crippen LogP contribution in [0.1, 0.15) is 42.3 Å². The first-order chi connectivity index (χ1) is 12.8. The number of benzene rings is 1. The highest BCUT2D eigenvalue weighted by molar-refractivity contribution is 8.26. The second kappa shape index (κ2) is 7.62. The number of amides is 2. The Balaban J connectivity index is 1.73. The number of aromatic nitrogens is 1. The summed E-state index contributed by atoms with van der Waals surface area (Å²) < 4.78 is 0.287. The summed E-state index contributed by atoms with van der Waals surface area (Å²) in [5.41, 5.74) is 4.99. The van der Waals surface area contributed by atoms with Crippen LogP contribution in [0.5, 0.6) is 0 Å². The first kappa shape index (κ1) is 19.3. The SMILES string of the molecule is CC(C)(C)c1ccc(C(=O)NN2C(=O)/C(=C\c3cccnc3)SC2=S)cc1. The number of nitrogens with zero attached hydrogens (tertiary/aromatic N) is 2. The van der Waals surface area contributed by atoms with Crippen LogP contribution in [-0.2, 0) is 10.2 Å². The summed E-state index contributed by atoms with van der Waals surface area (Å²) in [6, 6.07) is 11.0. The van der Waals surface area contributed by atoms with Crippen molar-refractivity contribution in [2.24, 2.45) is 0 Å². The van der Waals surface area contributed by atoms with E-state index >= 15 is 0 Å². The summed E-state index contributed by atoms with van der Waals surface area (Å²) in [7, 11) is 0. The number of thiocarbonyl (C=S) groups is 1. The van der Waals surface area contributed by atoms with E-state index in [9.17, 15) is 9.59 Å². The molecule has 2 heterocycles. The molecule has 138 valence electrons. The van der Waals surface area contributed by atoms with Gasteiger partial charge in [-0.15, -0.1) is 0 Å². The van der Waals surface area contributed by atoms with Gasteiger partial charge in [0.25, 0.3) is 11.8 Å². The molecule has 0 saturated carbocycles. The standard InChI is InChI=1S/C20H19N3O2S2/c1-20(2,3)15-8-6-14(7-9-15)17(24)22-23-18(25)16(27-19(23)26)11-13-5-4-10-21-12-13/h4-12H,1-3H3,(H,22,24)/b16-11+. The van der Waals surface area contributed by atoms with E-state index in [0.29, 0.717) is 10.5 Å². The molecule has 1 aromatic carbocycles. The first-order valence-corrected chi connectivity index (χ1v) is 9.58. The molecule has 5 nitrogen and oxygen atoms in total. The van der Waals surface area contributed by atoms with Crippen molar-refractivity contribution >= 4 is 46.2 Å². The van der Waals surface area contributed by atoms with Gasteiger partial charge < -0.3 is 0 Å². The smallest absolute Gasteiger partial charge is 0.267 e. The Kier molecular flexibility index (Phi) is 5.43. The third-order valence-corrected chi connectivity index (χ3v) is 5.30. The monoisotopic (exact) mass is 397 g/mol. The molecule has 1 fully saturated rings. The van der Waals surface area contributed by atoms with Gasteiger partial charge in [-0.05, 0) is 53.0 Å². The minimum Gasteiger partial charge on any atom is -0.267 e. The Morgan fingerprint density at radius 1 is 1.22 bits per heavy atom. The molecule has 7 heteroatoms. The van der Waals surface area contributed by atoms with Crippen LogP contribution in [0.4, 0.5) is 0 Å². The summed E-state index contributed by atoms with van der Waals surface area (Å²) in [5.74, 6) is -0.733. The zero-order valence-corrected chi connectivity index (χ0v) is 16.9. The number of nitrogens with one attached hydrogen (secondary N) is 1. The van der Waals surface area contributed by atoms with Crippen molar-refractivity contribution in [1.29, 1.82) is 0 Å². The third-order valence-electron chi connectivity index (χ3n) is 4.00. The van der Waals surface area contributed by atoms with E-state index in [1.165, 1.54) is 0 Å². The summed E-state index contributed by atoms with van der Waals surface area (Å²) in [4.78, 5) is 29.6. The predicted octanol–water partition coefficient (Wildman–Crippen LogP) is 3.93. The molecule has 3 rings (SSSR count). The minimum absolute atomic E-state index is 0.00409. The lowest BCUT2D eigenvalue weighted by Gasteiger charge is -2.19. The van der Waals surface area contributed by atoms with Crippen molar-refractivity contribution < 1.29 is 9.59 Å². The minimum atomic E-state index is -0.380. The summed E-state index contributed by atoms with van der Waals surface area (Å²) >= 11 is 6.39. The molecular weight excluding hydrogens is 378 g/mol. The van der Waals surface area contributed by atoms with Crippen molar-refractivity contribution in [3.05, 3.63) is 70.4 Å². The quantitative estimate of drug-likeness (QED) is 0.628. The van der Waals surface area contributed by atoms with Crippen molar-refractivity contribution in [3.63, 3.8) is 0 Å². The highest BCUT2D eigenvalue weighted by Crippen LogP contribution is 2.31. The van der Waals surface area contributed by atoms with E-state index in [1.807, 2.05) is 18.2 Å². The Morgan fingerprint density at radius 2 is 1.93 bits per heavy atom. The fraction of sp³-hybridized carbons (Fsp3) is 0.200. The fourth-order valence-electron chi connectivity index (χ4n) is 2.46. The molecule has 0 spiro atoms. The van der Waals surface area contributed by atoms with Crippen molar-refractivity contribution in [2.75, 3.05) is 0 Å². The number of carbonyl (C=O) groups is 2. The van der Waals surface area contributed by atoms with Crippen LogP contribution in [0.3, 0.4) is 0 Å². The van der Waals surface area contributed by atoms with Crippen LogP contribution in [0, 0.1) is 0 Å². The van der Waals surface area contributed by atoms with Crippen LogP contribution in [0.25, 0.3) is 6.08 Å². The number of rotatable bonds is 3. The summed E-state index contributed by atoms with van der Waals surface area (Å²) in [5, 5.41) is 1.11. The first-order valence-electron chi connectivity index (χ1n) is 8.35. The molecule has 0 aliphatic carbocycles. The Hall–Kier alpha value is -2.51. The van der Waals surface area contributed by atoms with Gasteiger partial charge in [0.1, 0.15) is 0 Å². The molecule has 0 unspecified atom stereocenters. The average molecular weight is 398 g/mol. The number of hydrogen-bond donors (Lipinski definition) is 1. The number of hydrazine groups is 1. The van der Waals surface area contributed by atoms with Crippen LogP contribution in [-0.4, -0.2) is 26.1 Å². The van der Waals surface area contributed by atoms with Crippen LogP contribution < -0.4 is 5.43 Å². The van der Waals surface area contributed by atoms with E-state index in [1.54, 1.807) is 36.7 Å². The van der Waals surface area contributed by atoms with Gasteiger partial charge in [-0.1, -0.05) is 50.7 Å². The Bertz CT molecular complexity index is 916. The second-order valence-electron chi connectivity index (χ2n) is 7.07. The zero-order valence-electron chi connectivity index (χ0n) is 15.2. The Labute approximate surface area is 167 Å². The van der Waals surface area contributed by atoms with Gasteiger partial charge in [-0.2, -0.15) is 5.01 Å². The molecule has 1 aliphatic rings. The molecular formula is C20H19N3O2S2. The maximum absolute atomic E-state index is 12.6. The van der Waals surface area contributed by atoms with Crippen LogP contribution in [0.15, 0.2) is 53.7 Å². The fourth-order valence-corrected chi connectivity index (χ4v) is 3.64. The number of hydrogen-bond acceptors (Lipinski definition) is 5. The van der Waals surface area contributed by atoms with Gasteiger partial charge in [0.15, 0.2) is 4.32 Å². The number of carbonyl (C=O) groups excluding carboxylic acids is 2. The molecule has 1 aliphatic heterocycles. The molecule has 1 N–H and O–H groups in total. The summed E-state index contributed by atoms with van der Waals surface area (Å²) in [6.07, 6.45) is 5.02. The molecule has 0 radical (unpaired) electrons. The zero-order chi connectivity index (χ0) is 19.6. The van der Waals surface area contributed by atoms with Gasteiger partial charge in [0.05, 0.1) is 4.91 Å². The number of thioether (sulfide) groups is 1. The molecule has 2 aromatic rings. The lowest BCUT2D eigenvalue weighted by molar-refractivity contribution is -0.123. The second-order valence-corrected chi connectivity index (χ2v) is 8.75. The van der Waals surface area contributed by atoms with Gasteiger partial charge in [-0.25, -0.2) is 0 Å². The Morgan fingerprint density at radius 3 is 2.52 bits per heavy atom. The molecule has 1 saturated heterocycles. The van der Waals surface area contributed by atoms with Gasteiger partial charge in [-0.3, -0.25) is 20.0 Å². The highest BCUT2D eigenvalue weighted by Gasteiger charge is 2.33. The maximum atomic E-state index is 12.6. The topological polar surface area (TPSA) is 62.3 Å². The van der Waals surface area contributed by atoms with Crippen molar-refractivity contribution in [2.45, 2.75) is 26.2 Å². The lowest BCUT2D eigenvalue weighted by Crippen LogP contribution is -2.44. The van der Waals surface area contributed by atoms with Crippen molar-refractivity contribution in [1.82, 2.24) is 15.4 Å². The van der Waals surface area contributed by atoms with Gasteiger partial charge in [0, 0.05) is 18.0 Å². The average Bonchev–Trinajstić information content (AvgIpc) is 2.89. The van der Waals surface area contributed by atoms with Crippen LogP contribution >= 0.6 is 24.0 Å². The van der Waals surface area contributed by atoms with Gasteiger partial charge in [0.2, 0.25) is 0 Å². The maximum Gasteiger partial charge on any atom is 0.285 e. The molecule has 0 bridgehead atoms. The normalized spacial score (nSPS) is 16.1. The molecule has 27 heavy (non-hydrogen) atoms. The van der Waals surface area contributed by atoms with E-state index in [2.05, 4.69) is 31.2 Å². The highest BCUT2D eigenvalue weighted by atomic mass is 32.2. The third kappa shape index (κ3) is 4.43.